The highest BCUT2D eigenvalue weighted by Crippen LogP contribution is 2.42. The third-order valence-electron chi connectivity index (χ3n) is 4.01. The minimum Gasteiger partial charge on any atom is -0.444 e. The van der Waals surface area contributed by atoms with Gasteiger partial charge in [0.15, 0.2) is 5.82 Å². The number of nitrogen functional groups attached to an aromatic ring is 1. The number of hydrogen-bond acceptors (Lipinski definition) is 7. The second-order valence-electron chi connectivity index (χ2n) is 7.26. The number of ether oxygens (including phenoxy) is 1. The molecule has 0 saturated carbocycles. The first-order chi connectivity index (χ1) is 14.2. The van der Waals surface area contributed by atoms with E-state index in [4.69, 9.17) is 10.5 Å². The van der Waals surface area contributed by atoms with Gasteiger partial charge in [0.25, 0.3) is 0 Å². The molecule has 0 radical (unpaired) electrons. The highest BCUT2D eigenvalue weighted by Gasteiger charge is 2.23. The number of nitriles is 1. The molecule has 3 rings (SSSR count). The third kappa shape index (κ3) is 4.01. The lowest BCUT2D eigenvalue weighted by Crippen LogP contribution is -2.27. The van der Waals surface area contributed by atoms with Crippen LogP contribution in [0.1, 0.15) is 26.3 Å². The molecule has 0 atom stereocenters. The van der Waals surface area contributed by atoms with Crippen LogP contribution in [0.3, 0.4) is 0 Å². The van der Waals surface area contributed by atoms with Crippen LogP contribution in [0.15, 0.2) is 24.5 Å². The average molecular weight is 427 g/mol. The molecular weight excluding hydrogens is 409 g/mol. The van der Waals surface area contributed by atoms with E-state index in [9.17, 15) is 19.2 Å². The van der Waals surface area contributed by atoms with Crippen molar-refractivity contribution in [1.82, 2.24) is 4.98 Å². The van der Waals surface area contributed by atoms with Gasteiger partial charge in [0.2, 0.25) is 6.41 Å². The van der Waals surface area contributed by atoms with Gasteiger partial charge in [-0.15, -0.1) is 11.3 Å². The number of benzene rings is 1. The van der Waals surface area contributed by atoms with Crippen molar-refractivity contribution in [3.63, 3.8) is 0 Å². The normalized spacial score (nSPS) is 11.0. The molecule has 0 spiro atoms. The van der Waals surface area contributed by atoms with Crippen molar-refractivity contribution in [2.45, 2.75) is 26.4 Å². The number of carbonyl (C=O) groups excluding carboxylic acids is 2. The molecule has 2 aromatic heterocycles. The summed E-state index contributed by atoms with van der Waals surface area (Å²) in [7, 11) is 0. The van der Waals surface area contributed by atoms with E-state index in [2.05, 4.69) is 21.7 Å². The Bertz CT molecular complexity index is 1190. The van der Waals surface area contributed by atoms with Crippen LogP contribution in [-0.2, 0) is 9.53 Å². The maximum Gasteiger partial charge on any atom is 0.412 e. The maximum atomic E-state index is 15.0. The van der Waals surface area contributed by atoms with Gasteiger partial charge in [0.05, 0.1) is 21.6 Å². The Labute approximate surface area is 175 Å². The summed E-state index contributed by atoms with van der Waals surface area (Å²) >= 11 is 1.12. The molecule has 0 aliphatic heterocycles. The summed E-state index contributed by atoms with van der Waals surface area (Å²) < 4.78 is 20.8. The van der Waals surface area contributed by atoms with Crippen molar-refractivity contribution in [2.75, 3.05) is 16.4 Å². The second-order valence-corrected chi connectivity index (χ2v) is 8.31. The van der Waals surface area contributed by atoms with Crippen molar-refractivity contribution >= 4 is 50.3 Å². The van der Waals surface area contributed by atoms with E-state index in [1.54, 1.807) is 20.8 Å². The molecule has 154 valence electrons. The number of nitrogens with one attached hydrogen (secondary N) is 2. The molecule has 0 fully saturated rings. The van der Waals surface area contributed by atoms with E-state index in [1.807, 2.05) is 0 Å². The number of halogens is 1. The Hall–Kier alpha value is -3.71. The molecule has 4 N–H and O–H groups in total. The van der Waals surface area contributed by atoms with Crippen LogP contribution in [-0.4, -0.2) is 23.1 Å². The number of carbonyl (C=O) groups is 2. The summed E-state index contributed by atoms with van der Waals surface area (Å²) in [6, 6.07) is 4.96. The van der Waals surface area contributed by atoms with Gasteiger partial charge in [-0.25, -0.2) is 9.18 Å². The Morgan fingerprint density at radius 1 is 1.33 bits per heavy atom. The number of rotatable bonds is 4. The fraction of sp³-hybridized carbons (Fsp3) is 0.200. The summed E-state index contributed by atoms with van der Waals surface area (Å²) in [5.41, 5.74) is 5.58. The second kappa shape index (κ2) is 7.96. The first-order valence-corrected chi connectivity index (χ1v) is 9.57. The van der Waals surface area contributed by atoms with E-state index in [1.165, 1.54) is 24.5 Å². The first kappa shape index (κ1) is 21.0. The SMILES string of the molecule is CC(C)(C)OC(=O)Nc1sc2cncc(-c3ccc(NC=O)c(N)c3F)c2c1C#N. The van der Waals surface area contributed by atoms with Gasteiger partial charge in [-0.05, 0) is 32.9 Å². The van der Waals surface area contributed by atoms with Gasteiger partial charge < -0.3 is 15.8 Å². The third-order valence-corrected chi connectivity index (χ3v) is 5.05. The summed E-state index contributed by atoms with van der Waals surface area (Å²) in [6.45, 7) is 5.17. The van der Waals surface area contributed by atoms with Crippen molar-refractivity contribution in [3.05, 3.63) is 35.9 Å². The van der Waals surface area contributed by atoms with Gasteiger partial charge in [-0.2, -0.15) is 5.26 Å². The number of aromatic nitrogens is 1. The predicted molar refractivity (Wildman–Crippen MR) is 114 cm³/mol. The average Bonchev–Trinajstić information content (AvgIpc) is 3.01. The zero-order valence-corrected chi connectivity index (χ0v) is 17.2. The van der Waals surface area contributed by atoms with Crippen molar-refractivity contribution in [3.8, 4) is 17.2 Å². The molecule has 2 amide bonds. The van der Waals surface area contributed by atoms with Crippen LogP contribution in [0.25, 0.3) is 21.2 Å². The van der Waals surface area contributed by atoms with E-state index >= 15 is 0 Å². The number of nitrogens with two attached hydrogens (primary N) is 1. The predicted octanol–water partition coefficient (Wildman–Crippen LogP) is 4.47. The quantitative estimate of drug-likeness (QED) is 0.416. The number of pyridine rings is 1. The Kier molecular flexibility index (Phi) is 5.58. The fourth-order valence-corrected chi connectivity index (χ4v) is 3.87. The number of nitrogens with zero attached hydrogens (tertiary/aromatic N) is 2. The standard InChI is InChI=1S/C20H18FN5O3S/c1-20(2,3)29-19(28)26-18-11(6-22)15-12(7-24-8-14(15)30-18)10-4-5-13(25-9-27)17(23)16(10)21/h4-5,7-9H,23H2,1-3H3,(H,25,27)(H,26,28). The van der Waals surface area contributed by atoms with Crippen LogP contribution in [0.2, 0.25) is 0 Å². The largest absolute Gasteiger partial charge is 0.444 e. The van der Waals surface area contributed by atoms with E-state index in [0.717, 1.165) is 11.3 Å². The molecule has 30 heavy (non-hydrogen) atoms. The molecule has 8 nitrogen and oxygen atoms in total. The van der Waals surface area contributed by atoms with Gasteiger partial charge in [-0.1, -0.05) is 0 Å². The Morgan fingerprint density at radius 2 is 2.07 bits per heavy atom. The zero-order valence-electron chi connectivity index (χ0n) is 16.4. The summed E-state index contributed by atoms with van der Waals surface area (Å²) in [5.74, 6) is -0.757. The Balaban J connectivity index is 2.14. The fourth-order valence-electron chi connectivity index (χ4n) is 2.84. The van der Waals surface area contributed by atoms with E-state index < -0.39 is 17.5 Å². The summed E-state index contributed by atoms with van der Waals surface area (Å²) in [6.07, 6.45) is 2.63. The van der Waals surface area contributed by atoms with E-state index in [0.29, 0.717) is 22.1 Å². The van der Waals surface area contributed by atoms with Crippen LogP contribution in [0, 0.1) is 17.1 Å². The van der Waals surface area contributed by atoms with Crippen molar-refractivity contribution < 1.29 is 18.7 Å². The maximum absolute atomic E-state index is 15.0. The highest BCUT2D eigenvalue weighted by atomic mass is 32.1. The number of amides is 2. The lowest BCUT2D eigenvalue weighted by atomic mass is 10.00. The Morgan fingerprint density at radius 3 is 2.70 bits per heavy atom. The molecule has 3 aromatic rings. The van der Waals surface area contributed by atoms with Crippen LogP contribution >= 0.6 is 11.3 Å². The van der Waals surface area contributed by atoms with Crippen LogP contribution in [0.5, 0.6) is 0 Å². The van der Waals surface area contributed by atoms with Gasteiger partial charge in [0.1, 0.15) is 16.7 Å². The molecule has 0 unspecified atom stereocenters. The molecule has 0 bridgehead atoms. The topological polar surface area (TPSA) is 130 Å². The smallest absolute Gasteiger partial charge is 0.412 e. The molecule has 0 aliphatic carbocycles. The van der Waals surface area contributed by atoms with Crippen LogP contribution in [0.4, 0.5) is 25.6 Å². The first-order valence-electron chi connectivity index (χ1n) is 8.75. The molecular formula is C20H18FN5O3S. The number of anilines is 3. The minimum atomic E-state index is -0.757. The molecule has 0 aliphatic rings. The minimum absolute atomic E-state index is 0.111. The highest BCUT2D eigenvalue weighted by molar-refractivity contribution is 7.23. The summed E-state index contributed by atoms with van der Waals surface area (Å²) in [5, 5.41) is 15.3. The number of fused-ring (bicyclic) bond motifs is 1. The number of thiophene rings is 1. The molecule has 1 aromatic carbocycles. The zero-order chi connectivity index (χ0) is 22.1. The summed E-state index contributed by atoms with van der Waals surface area (Å²) in [4.78, 5) is 26.9. The van der Waals surface area contributed by atoms with Crippen LogP contribution < -0.4 is 16.4 Å². The van der Waals surface area contributed by atoms with E-state index in [-0.39, 0.29) is 27.5 Å². The van der Waals surface area contributed by atoms with Gasteiger partial charge in [0, 0.05) is 28.9 Å². The number of hydrogen-bond donors (Lipinski definition) is 3. The molecule has 10 heteroatoms. The lowest BCUT2D eigenvalue weighted by Gasteiger charge is -2.19. The van der Waals surface area contributed by atoms with Crippen molar-refractivity contribution in [1.29, 1.82) is 5.26 Å². The molecule has 2 heterocycles. The van der Waals surface area contributed by atoms with Gasteiger partial charge >= 0.3 is 6.09 Å². The van der Waals surface area contributed by atoms with Crippen molar-refractivity contribution in [2.24, 2.45) is 0 Å². The molecule has 0 saturated heterocycles. The lowest BCUT2D eigenvalue weighted by molar-refractivity contribution is -0.105. The monoisotopic (exact) mass is 427 g/mol. The van der Waals surface area contributed by atoms with Gasteiger partial charge in [-0.3, -0.25) is 15.1 Å².